The molecule has 0 aromatic carbocycles. The summed E-state index contributed by atoms with van der Waals surface area (Å²) < 4.78 is 35.2. The van der Waals surface area contributed by atoms with E-state index in [0.29, 0.717) is 0 Å². The molecule has 0 radical (unpaired) electrons. The topological polar surface area (TPSA) is 29.4 Å². The maximum atomic E-state index is 11.7. The Morgan fingerprint density at radius 3 is 2.67 bits per heavy atom. The first-order valence-electron chi connectivity index (χ1n) is 2.97. The molecule has 2 nitrogen and oxygen atoms in total. The predicted molar refractivity (Wildman–Crippen MR) is 40.1 cm³/mol. The van der Waals surface area contributed by atoms with Crippen LogP contribution in [0.2, 0.25) is 0 Å². The Balaban J connectivity index is 2.59. The van der Waals surface area contributed by atoms with Gasteiger partial charge in [-0.25, -0.2) is 0 Å². The molecule has 6 heteroatoms. The molecular formula is C6H4F3NOS. The fourth-order valence-electron chi connectivity index (χ4n) is 0.645. The Morgan fingerprint density at radius 2 is 2.17 bits per heavy atom. The maximum Gasteiger partial charge on any atom is 0.442 e. The molecule has 66 valence electrons. The molecule has 0 N–H and O–H groups in total. The van der Waals surface area contributed by atoms with E-state index in [2.05, 4.69) is 4.99 Å². The second kappa shape index (κ2) is 3.30. The van der Waals surface area contributed by atoms with Crippen molar-refractivity contribution in [2.45, 2.75) is 10.8 Å². The lowest BCUT2D eigenvalue weighted by atomic mass is 10.2. The van der Waals surface area contributed by atoms with Crippen LogP contribution in [0.5, 0.6) is 0 Å². The Morgan fingerprint density at radius 1 is 1.50 bits per heavy atom. The number of aliphatic imine (C=N–C) groups is 1. The van der Waals surface area contributed by atoms with Crippen LogP contribution in [0.25, 0.3) is 0 Å². The number of halogens is 3. The number of rotatable bonds is 1. The molecular weight excluding hydrogens is 191 g/mol. The molecule has 1 atom stereocenters. The van der Waals surface area contributed by atoms with Gasteiger partial charge in [-0.3, -0.25) is 9.79 Å². The fraction of sp³-hybridized carbons (Fsp3) is 0.333. The standard InChI is InChI=1S/C6H4F3NOS/c7-6(8,9)12-5-3-10-2-1-4(5)11/h1-3,5H. The molecule has 1 aliphatic heterocycles. The number of allylic oxidation sites excluding steroid dienone is 1. The smallest absolute Gasteiger partial charge is 0.293 e. The second-order valence-corrected chi connectivity index (χ2v) is 3.21. The highest BCUT2D eigenvalue weighted by atomic mass is 32.2. The van der Waals surface area contributed by atoms with E-state index in [0.717, 1.165) is 12.3 Å². The van der Waals surface area contributed by atoms with Crippen molar-refractivity contribution < 1.29 is 18.0 Å². The van der Waals surface area contributed by atoms with Gasteiger partial charge in [0.05, 0.1) is 0 Å². The summed E-state index contributed by atoms with van der Waals surface area (Å²) in [5.74, 6) is -0.577. The summed E-state index contributed by atoms with van der Waals surface area (Å²) >= 11 is -0.364. The monoisotopic (exact) mass is 195 g/mol. The number of hydrogen-bond donors (Lipinski definition) is 0. The van der Waals surface area contributed by atoms with Crippen molar-refractivity contribution in [3.05, 3.63) is 12.3 Å². The van der Waals surface area contributed by atoms with E-state index in [1.165, 1.54) is 6.20 Å². The zero-order chi connectivity index (χ0) is 9.19. The van der Waals surface area contributed by atoms with E-state index in [4.69, 9.17) is 0 Å². The number of alkyl halides is 3. The van der Waals surface area contributed by atoms with Gasteiger partial charge >= 0.3 is 5.51 Å². The van der Waals surface area contributed by atoms with Crippen LogP contribution in [-0.4, -0.2) is 22.8 Å². The molecule has 0 saturated carbocycles. The molecule has 0 saturated heterocycles. The number of nitrogens with zero attached hydrogens (tertiary/aromatic N) is 1. The normalized spacial score (nSPS) is 23.2. The molecule has 0 spiro atoms. The van der Waals surface area contributed by atoms with Crippen molar-refractivity contribution in [3.8, 4) is 0 Å². The van der Waals surface area contributed by atoms with Gasteiger partial charge in [0.1, 0.15) is 5.25 Å². The molecule has 0 aromatic heterocycles. The summed E-state index contributed by atoms with van der Waals surface area (Å²) in [5, 5.41) is -1.21. The summed E-state index contributed by atoms with van der Waals surface area (Å²) in [6.07, 6.45) is 3.19. The number of carbonyl (C=O) groups excluding carboxylic acids is 1. The summed E-state index contributed by atoms with van der Waals surface area (Å²) in [6.45, 7) is 0. The minimum absolute atomic E-state index is 0.364. The predicted octanol–water partition coefficient (Wildman–Crippen LogP) is 1.78. The molecule has 0 amide bonds. The van der Waals surface area contributed by atoms with Gasteiger partial charge in [-0.1, -0.05) is 0 Å². The van der Waals surface area contributed by atoms with Crippen LogP contribution >= 0.6 is 11.8 Å². The minimum Gasteiger partial charge on any atom is -0.293 e. The van der Waals surface area contributed by atoms with Crippen molar-refractivity contribution in [1.29, 1.82) is 0 Å². The third-order valence-electron chi connectivity index (χ3n) is 1.09. The molecule has 12 heavy (non-hydrogen) atoms. The number of thioether (sulfide) groups is 1. The maximum absolute atomic E-state index is 11.7. The van der Waals surface area contributed by atoms with Crippen LogP contribution in [0.1, 0.15) is 0 Å². The van der Waals surface area contributed by atoms with Crippen molar-refractivity contribution in [3.63, 3.8) is 0 Å². The molecule has 0 fully saturated rings. The highest BCUT2D eigenvalue weighted by molar-refractivity contribution is 8.02. The van der Waals surface area contributed by atoms with Gasteiger partial charge in [-0.05, 0) is 11.8 Å². The van der Waals surface area contributed by atoms with Crippen LogP contribution in [-0.2, 0) is 4.79 Å². The van der Waals surface area contributed by atoms with Crippen molar-refractivity contribution in [2.24, 2.45) is 4.99 Å². The lowest BCUT2D eigenvalue weighted by Gasteiger charge is -2.12. The van der Waals surface area contributed by atoms with E-state index in [1.54, 1.807) is 0 Å². The first kappa shape index (κ1) is 9.31. The van der Waals surface area contributed by atoms with E-state index in [-0.39, 0.29) is 11.8 Å². The lowest BCUT2D eigenvalue weighted by Crippen LogP contribution is -2.22. The highest BCUT2D eigenvalue weighted by Crippen LogP contribution is 2.34. The molecule has 0 bridgehead atoms. The van der Waals surface area contributed by atoms with Gasteiger partial charge in [0, 0.05) is 18.5 Å². The lowest BCUT2D eigenvalue weighted by molar-refractivity contribution is -0.113. The van der Waals surface area contributed by atoms with E-state index in [9.17, 15) is 18.0 Å². The van der Waals surface area contributed by atoms with Gasteiger partial charge in [0.2, 0.25) is 0 Å². The summed E-state index contributed by atoms with van der Waals surface area (Å²) in [4.78, 5) is 14.2. The molecule has 1 heterocycles. The largest absolute Gasteiger partial charge is 0.442 e. The first-order chi connectivity index (χ1) is 5.49. The summed E-state index contributed by atoms with van der Waals surface area (Å²) in [5.41, 5.74) is -4.39. The van der Waals surface area contributed by atoms with Crippen molar-refractivity contribution in [2.75, 3.05) is 0 Å². The molecule has 0 aromatic rings. The average Bonchev–Trinajstić information content (AvgIpc) is 1.91. The molecule has 1 rings (SSSR count). The molecule has 1 unspecified atom stereocenters. The zero-order valence-corrected chi connectivity index (χ0v) is 6.52. The Labute approximate surface area is 70.5 Å². The molecule has 0 aliphatic carbocycles. The Bertz CT molecular complexity index is 246. The Hall–Kier alpha value is -0.780. The first-order valence-corrected chi connectivity index (χ1v) is 3.85. The van der Waals surface area contributed by atoms with Gasteiger partial charge in [-0.15, -0.1) is 0 Å². The van der Waals surface area contributed by atoms with E-state index < -0.39 is 16.5 Å². The van der Waals surface area contributed by atoms with E-state index >= 15 is 0 Å². The quantitative estimate of drug-likeness (QED) is 0.638. The summed E-state index contributed by atoms with van der Waals surface area (Å²) in [6, 6.07) is 0. The van der Waals surface area contributed by atoms with Crippen molar-refractivity contribution >= 4 is 23.8 Å². The minimum atomic E-state index is -4.39. The second-order valence-electron chi connectivity index (χ2n) is 2.00. The SMILES string of the molecule is O=C1C=CN=CC1SC(F)(F)F. The van der Waals surface area contributed by atoms with Gasteiger partial charge < -0.3 is 0 Å². The summed E-state index contributed by atoms with van der Waals surface area (Å²) in [7, 11) is 0. The zero-order valence-electron chi connectivity index (χ0n) is 5.71. The van der Waals surface area contributed by atoms with Crippen molar-refractivity contribution in [1.82, 2.24) is 0 Å². The van der Waals surface area contributed by atoms with Crippen LogP contribution in [0.15, 0.2) is 17.3 Å². The fourth-order valence-corrected chi connectivity index (χ4v) is 1.26. The number of hydrogen-bond acceptors (Lipinski definition) is 3. The highest BCUT2D eigenvalue weighted by Gasteiger charge is 2.35. The van der Waals surface area contributed by atoms with Crippen LogP contribution in [0.4, 0.5) is 13.2 Å². The average molecular weight is 195 g/mol. The molecule has 1 aliphatic rings. The van der Waals surface area contributed by atoms with E-state index in [1.807, 2.05) is 0 Å². The van der Waals surface area contributed by atoms with Gasteiger partial charge in [0.25, 0.3) is 0 Å². The number of carbonyl (C=O) groups is 1. The van der Waals surface area contributed by atoms with Gasteiger partial charge in [0.15, 0.2) is 5.78 Å². The third kappa shape index (κ3) is 2.69. The third-order valence-corrected chi connectivity index (χ3v) is 1.96. The Kier molecular flexibility index (Phi) is 2.56. The van der Waals surface area contributed by atoms with Crippen LogP contribution in [0, 0.1) is 0 Å². The van der Waals surface area contributed by atoms with Gasteiger partial charge in [-0.2, -0.15) is 13.2 Å². The number of ketones is 1. The van der Waals surface area contributed by atoms with Crippen LogP contribution in [0.3, 0.4) is 0 Å². The van der Waals surface area contributed by atoms with Crippen LogP contribution < -0.4 is 0 Å².